The number of aromatic nitrogens is 3. The molecule has 6 rings (SSSR count). The first-order chi connectivity index (χ1) is 31.6. The van der Waals surface area contributed by atoms with Gasteiger partial charge in [-0.15, -0.1) is 0 Å². The van der Waals surface area contributed by atoms with Crippen molar-refractivity contribution >= 4 is 61.7 Å². The first-order valence-corrected chi connectivity index (χ1v) is 23.0. The highest BCUT2D eigenvalue weighted by Crippen LogP contribution is 2.43. The number of hydrogen-bond acceptors (Lipinski definition) is 11. The third kappa shape index (κ3) is 11.6. The molecule has 0 radical (unpaired) electrons. The average molecular weight is 1000 g/mol. The van der Waals surface area contributed by atoms with Gasteiger partial charge in [-0.1, -0.05) is 23.7 Å². The molecule has 1 atom stereocenters. The number of nitrogens with zero attached hydrogens (tertiary/aromatic N) is 5. The fourth-order valence-corrected chi connectivity index (χ4v) is 9.94. The number of pyridine rings is 1. The highest BCUT2D eigenvalue weighted by molar-refractivity contribution is 7.93. The van der Waals surface area contributed by atoms with Gasteiger partial charge in [0.15, 0.2) is 15.7 Å². The molecule has 0 saturated heterocycles. The zero-order valence-corrected chi connectivity index (χ0v) is 38.6. The number of fused-ring (bicyclic) bond motifs is 1. The summed E-state index contributed by atoms with van der Waals surface area (Å²) >= 11 is 6.68. The van der Waals surface area contributed by atoms with Crippen LogP contribution in [0.2, 0.25) is 5.02 Å². The van der Waals surface area contributed by atoms with Gasteiger partial charge in [0.2, 0.25) is 11.8 Å². The fourth-order valence-electron chi connectivity index (χ4n) is 7.66. The van der Waals surface area contributed by atoms with Gasteiger partial charge in [0.25, 0.3) is 24.8 Å². The number of carbonyl (C=O) groups excluding carboxylic acids is 1. The van der Waals surface area contributed by atoms with Crippen LogP contribution in [0.5, 0.6) is 0 Å². The summed E-state index contributed by atoms with van der Waals surface area (Å²) in [5.74, 6) is -7.95. The summed E-state index contributed by atoms with van der Waals surface area (Å²) in [6.45, 7) is 3.46. The van der Waals surface area contributed by atoms with Crippen LogP contribution in [0.4, 0.5) is 40.9 Å². The maximum atomic E-state index is 15.0. The molecule has 14 nitrogen and oxygen atoms in total. The molecule has 68 heavy (non-hydrogen) atoms. The summed E-state index contributed by atoms with van der Waals surface area (Å²) in [7, 11) is -3.59. The zero-order chi connectivity index (χ0) is 50.3. The van der Waals surface area contributed by atoms with Crippen LogP contribution in [0.15, 0.2) is 63.7 Å². The number of alkyl halides is 6. The second-order valence-corrected chi connectivity index (χ2v) is 20.9. The second kappa shape index (κ2) is 19.7. The summed E-state index contributed by atoms with van der Waals surface area (Å²) in [4.78, 5) is 26.5. The second-order valence-electron chi connectivity index (χ2n) is 17.6. The number of sulfone groups is 1. The molecule has 368 valence electrons. The summed E-state index contributed by atoms with van der Waals surface area (Å²) in [5, 5.41) is 24.3. The molecular weight excluding hydrogens is 954 g/mol. The molecule has 4 aromatic rings. The molecule has 0 bridgehead atoms. The number of hydrogen-bond donors (Lipinski definition) is 5. The van der Waals surface area contributed by atoms with Crippen LogP contribution in [0, 0.1) is 17.0 Å². The highest BCUT2D eigenvalue weighted by atomic mass is 35.5. The Labute approximate surface area is 390 Å². The maximum absolute atomic E-state index is 15.0. The van der Waals surface area contributed by atoms with E-state index >= 15 is 8.78 Å². The molecule has 7 N–H and O–H groups in total. The number of allylic oxidation sites excluding steroid dienone is 2. The Hall–Kier alpha value is -5.68. The number of ether oxygens (including phenoxy) is 1. The summed E-state index contributed by atoms with van der Waals surface area (Å²) in [6.07, 6.45) is -7.17. The van der Waals surface area contributed by atoms with Crippen molar-refractivity contribution in [2.45, 2.75) is 120 Å². The number of aliphatic hydroxyl groups is 1. The Bertz CT molecular complexity index is 2810. The van der Waals surface area contributed by atoms with Gasteiger partial charge in [0.1, 0.15) is 36.0 Å². The molecule has 0 spiro atoms. The maximum Gasteiger partial charge on any atom is 0.295 e. The van der Waals surface area contributed by atoms with E-state index in [4.69, 9.17) is 38.2 Å². The number of amidine groups is 1. The molecule has 1 amide bonds. The Balaban J connectivity index is 1.55. The lowest BCUT2D eigenvalue weighted by atomic mass is 9.93. The Morgan fingerprint density at radius 2 is 1.71 bits per heavy atom. The largest absolute Gasteiger partial charge is 0.408 e. The number of nitrogens with one attached hydrogen (secondary N) is 2. The minimum absolute atomic E-state index is 0.0159. The molecule has 2 heterocycles. The quantitative estimate of drug-likeness (QED) is 0.0392. The number of aryl methyl sites for hydroxylation is 1. The predicted molar refractivity (Wildman–Crippen MR) is 239 cm³/mol. The van der Waals surface area contributed by atoms with Gasteiger partial charge in [0, 0.05) is 34.9 Å². The van der Waals surface area contributed by atoms with Gasteiger partial charge < -0.3 is 26.6 Å². The van der Waals surface area contributed by atoms with Crippen LogP contribution in [0.1, 0.15) is 82.8 Å². The molecule has 2 aliphatic carbocycles. The molecule has 2 aromatic carbocycles. The molecule has 2 aromatic heterocycles. The van der Waals surface area contributed by atoms with E-state index in [1.54, 1.807) is 13.8 Å². The van der Waals surface area contributed by atoms with Gasteiger partial charge >= 0.3 is 0 Å². The average Bonchev–Trinajstić information content (AvgIpc) is 3.97. The van der Waals surface area contributed by atoms with E-state index in [2.05, 4.69) is 20.4 Å². The van der Waals surface area contributed by atoms with Crippen molar-refractivity contribution in [1.82, 2.24) is 20.1 Å². The number of halogens is 9. The Kier molecular flexibility index (Phi) is 15.0. The summed E-state index contributed by atoms with van der Waals surface area (Å²) < 4.78 is 147. The molecule has 24 heteroatoms. The van der Waals surface area contributed by atoms with Gasteiger partial charge in [-0.25, -0.2) is 34.8 Å². The smallest absolute Gasteiger partial charge is 0.295 e. The van der Waals surface area contributed by atoms with Gasteiger partial charge in [-0.05, 0) is 96.0 Å². The number of nitrogens with two attached hydrogens (primary N) is 2. The van der Waals surface area contributed by atoms with Gasteiger partial charge in [-0.2, -0.15) is 18.9 Å². The molecular formula is C44H48ClF8N9O5S. The van der Waals surface area contributed by atoms with Crippen molar-refractivity contribution in [2.75, 3.05) is 6.54 Å². The van der Waals surface area contributed by atoms with Gasteiger partial charge in [0.05, 0.1) is 43.4 Å². The number of amides is 1. The van der Waals surface area contributed by atoms with Crippen molar-refractivity contribution in [3.05, 3.63) is 87.3 Å². The number of benzene rings is 2. The lowest BCUT2D eigenvalue weighted by Crippen LogP contribution is -2.36. The number of carbonyl (C=O) groups is 1. The third-order valence-electron chi connectivity index (χ3n) is 11.4. The number of rotatable bonds is 17. The van der Waals surface area contributed by atoms with Crippen molar-refractivity contribution < 1.29 is 58.2 Å². The zero-order valence-electron chi connectivity index (χ0n) is 37.0. The van der Waals surface area contributed by atoms with Crippen molar-refractivity contribution in [2.24, 2.45) is 21.5 Å². The van der Waals surface area contributed by atoms with Crippen molar-refractivity contribution in [3.8, 4) is 11.1 Å². The van der Waals surface area contributed by atoms with Crippen LogP contribution in [-0.2, 0) is 38.8 Å². The monoisotopic (exact) mass is 1000 g/mol. The number of aliphatic imine (C=N–C) groups is 2. The molecule has 2 fully saturated rings. The Morgan fingerprint density at radius 1 is 1.06 bits per heavy atom. The van der Waals surface area contributed by atoms with Crippen LogP contribution in [0.25, 0.3) is 22.0 Å². The minimum atomic E-state index is -3.73. The fraction of sp³-hybridized carbons (Fsp3) is 0.455. The van der Waals surface area contributed by atoms with E-state index in [9.17, 15) is 44.7 Å². The van der Waals surface area contributed by atoms with Crippen LogP contribution >= 0.6 is 11.6 Å². The molecule has 2 aliphatic rings. The first kappa shape index (κ1) is 51.7. The lowest BCUT2D eigenvalue weighted by Gasteiger charge is -2.26. The highest BCUT2D eigenvalue weighted by Gasteiger charge is 2.47. The van der Waals surface area contributed by atoms with E-state index in [-0.39, 0.29) is 62.7 Å². The van der Waals surface area contributed by atoms with Crippen LogP contribution in [-0.4, -0.2) is 92.7 Å². The van der Waals surface area contributed by atoms with E-state index in [0.29, 0.717) is 18.9 Å². The van der Waals surface area contributed by atoms with E-state index in [0.717, 1.165) is 16.8 Å². The molecule has 0 unspecified atom stereocenters. The van der Waals surface area contributed by atoms with Crippen LogP contribution < -0.4 is 16.8 Å². The van der Waals surface area contributed by atoms with Crippen LogP contribution in [0.3, 0.4) is 0 Å². The molecule has 2 saturated carbocycles. The summed E-state index contributed by atoms with van der Waals surface area (Å²) in [6, 6.07) is 6.01. The topological polar surface area (TPSA) is 224 Å². The Morgan fingerprint density at radius 3 is 2.31 bits per heavy atom. The third-order valence-corrected chi connectivity index (χ3v) is 14.8. The lowest BCUT2D eigenvalue weighted by molar-refractivity contribution is -0.120. The SMILES string of the molecule is CC(C)(O)C(=N)OC(N)=Nc1nn(CC(F)F)c2c(-c3ccc(CCC(C)(C)S(=O)(=O)C4CC4)nc3[C@H](Cc3cc(F)cc(F)c3)NC(=O)CN=C3C(=C(N)C(F)F)CCC3(F)F)ccc(Cl)c12. The van der Waals surface area contributed by atoms with Gasteiger partial charge in [-0.3, -0.25) is 24.9 Å². The van der Waals surface area contributed by atoms with Crippen molar-refractivity contribution in [3.63, 3.8) is 0 Å². The summed E-state index contributed by atoms with van der Waals surface area (Å²) in [5.41, 5.74) is 6.81. The normalized spacial score (nSPS) is 17.6. The predicted octanol–water partition coefficient (Wildman–Crippen LogP) is 8.04. The van der Waals surface area contributed by atoms with Crippen molar-refractivity contribution in [1.29, 1.82) is 5.41 Å². The minimum Gasteiger partial charge on any atom is -0.408 e. The standard InChI is InChI=1S/C44H48ClF8N9O5S/c1-42(2,68(65,66)25-6-7-25)13-11-24-5-8-26(27-9-10-29(45)33-36(27)62(20-31(48)49)61-39(33)60-41(56)67-40(55)43(3,4)64)35(58-24)30(17-21-15-22(46)18-23(47)16-21)59-32(63)19-57-37-28(34(54)38(50)51)12-14-44(37,52)53/h5,8-10,15-16,18,25,30-31,38,55,64H,6-7,11-14,17,19-20,54H2,1-4H3,(H,59,63)(H2,56,60,61)/t30-/m0/s1. The first-order valence-electron chi connectivity index (χ1n) is 21.1. The van der Waals surface area contributed by atoms with E-state index in [1.807, 2.05) is 0 Å². The van der Waals surface area contributed by atoms with E-state index in [1.165, 1.54) is 38.1 Å². The molecule has 0 aliphatic heterocycles. The van der Waals surface area contributed by atoms with E-state index < -0.39 is 129 Å².